The summed E-state index contributed by atoms with van der Waals surface area (Å²) < 4.78 is 13.7. The summed E-state index contributed by atoms with van der Waals surface area (Å²) in [4.78, 5) is 25.4. The van der Waals surface area contributed by atoms with Gasteiger partial charge in [0.2, 0.25) is 5.95 Å². The van der Waals surface area contributed by atoms with Crippen molar-refractivity contribution in [3.05, 3.63) is 53.1 Å². The fourth-order valence-corrected chi connectivity index (χ4v) is 2.94. The third kappa shape index (κ3) is 4.54. The highest BCUT2D eigenvalue weighted by molar-refractivity contribution is 5.92. The van der Waals surface area contributed by atoms with Crippen LogP contribution in [0.25, 0.3) is 0 Å². The van der Waals surface area contributed by atoms with E-state index in [4.69, 9.17) is 0 Å². The van der Waals surface area contributed by atoms with Crippen LogP contribution in [0.5, 0.6) is 0 Å². The van der Waals surface area contributed by atoms with Crippen LogP contribution < -0.4 is 5.32 Å². The maximum absolute atomic E-state index is 13.7. The van der Waals surface area contributed by atoms with Gasteiger partial charge in [-0.15, -0.1) is 0 Å². The number of aryl methyl sites for hydroxylation is 1. The van der Waals surface area contributed by atoms with E-state index in [9.17, 15) is 9.18 Å². The Balaban J connectivity index is 1.64. The van der Waals surface area contributed by atoms with Crippen molar-refractivity contribution in [2.75, 3.05) is 45.1 Å². The first-order valence-electron chi connectivity index (χ1n) is 8.84. The number of halogens is 1. The molecule has 7 heteroatoms. The van der Waals surface area contributed by atoms with Crippen molar-refractivity contribution in [2.45, 2.75) is 13.3 Å². The summed E-state index contributed by atoms with van der Waals surface area (Å²) in [5.41, 5.74) is 1.77. The zero-order valence-corrected chi connectivity index (χ0v) is 15.2. The molecule has 0 bridgehead atoms. The Bertz CT molecular complexity index is 774. The topological polar surface area (TPSA) is 61.4 Å². The Hall–Kier alpha value is -2.54. The van der Waals surface area contributed by atoms with E-state index in [1.54, 1.807) is 18.2 Å². The number of rotatable bonds is 5. The Morgan fingerprint density at radius 1 is 1.19 bits per heavy atom. The molecule has 1 saturated heterocycles. The van der Waals surface area contributed by atoms with E-state index in [1.807, 2.05) is 24.9 Å². The van der Waals surface area contributed by atoms with E-state index in [1.165, 1.54) is 6.07 Å². The van der Waals surface area contributed by atoms with Gasteiger partial charge in [0.05, 0.1) is 0 Å². The number of nitrogens with zero attached hydrogens (tertiary/aromatic N) is 4. The van der Waals surface area contributed by atoms with Crippen molar-refractivity contribution >= 4 is 11.9 Å². The molecule has 0 aliphatic carbocycles. The monoisotopic (exact) mass is 357 g/mol. The smallest absolute Gasteiger partial charge is 0.272 e. The molecule has 2 heterocycles. The number of carbonyl (C=O) groups excluding carboxylic acids is 1. The lowest BCUT2D eigenvalue weighted by Crippen LogP contribution is -2.47. The molecular formula is C19H24FN5O. The van der Waals surface area contributed by atoms with Gasteiger partial charge in [0.15, 0.2) is 0 Å². The molecule has 6 nitrogen and oxygen atoms in total. The highest BCUT2D eigenvalue weighted by atomic mass is 19.1. The fraction of sp³-hybridized carbons (Fsp3) is 0.421. The predicted octanol–water partition coefficient (Wildman–Crippen LogP) is 1.97. The average molecular weight is 357 g/mol. The Morgan fingerprint density at radius 3 is 2.65 bits per heavy atom. The number of carbonyl (C=O) groups is 1. The molecule has 1 aliphatic rings. The molecule has 0 radical (unpaired) electrons. The zero-order chi connectivity index (χ0) is 18.5. The molecule has 1 aromatic heterocycles. The Kier molecular flexibility index (Phi) is 5.78. The number of amides is 1. The molecule has 3 rings (SSSR count). The summed E-state index contributed by atoms with van der Waals surface area (Å²) in [5.74, 6) is 0.116. The molecule has 1 amide bonds. The van der Waals surface area contributed by atoms with Crippen LogP contribution in [-0.2, 0) is 6.42 Å². The van der Waals surface area contributed by atoms with Crippen LogP contribution in [-0.4, -0.2) is 65.4 Å². The van der Waals surface area contributed by atoms with Crippen LogP contribution in [0.15, 0.2) is 30.3 Å². The van der Waals surface area contributed by atoms with E-state index >= 15 is 0 Å². The summed E-state index contributed by atoms with van der Waals surface area (Å²) in [6, 6.07) is 8.41. The Morgan fingerprint density at radius 2 is 1.92 bits per heavy atom. The van der Waals surface area contributed by atoms with Crippen LogP contribution in [0.2, 0.25) is 0 Å². The quantitative estimate of drug-likeness (QED) is 0.886. The number of hydrogen-bond donors (Lipinski definition) is 1. The summed E-state index contributed by atoms with van der Waals surface area (Å²) in [5, 5.41) is 3.10. The predicted molar refractivity (Wildman–Crippen MR) is 98.8 cm³/mol. The molecule has 2 aromatic rings. The molecule has 1 N–H and O–H groups in total. The molecule has 0 atom stereocenters. The van der Waals surface area contributed by atoms with Gasteiger partial charge in [0, 0.05) is 38.4 Å². The molecule has 0 unspecified atom stereocenters. The number of aromatic nitrogens is 2. The van der Waals surface area contributed by atoms with Crippen LogP contribution in [0, 0.1) is 12.7 Å². The van der Waals surface area contributed by atoms with Crippen LogP contribution in [0.1, 0.15) is 21.7 Å². The van der Waals surface area contributed by atoms with Crippen molar-refractivity contribution in [3.8, 4) is 0 Å². The fourth-order valence-electron chi connectivity index (χ4n) is 2.94. The van der Waals surface area contributed by atoms with Crippen molar-refractivity contribution in [1.82, 2.24) is 19.8 Å². The maximum Gasteiger partial charge on any atom is 0.272 e. The third-order valence-electron chi connectivity index (χ3n) is 4.50. The van der Waals surface area contributed by atoms with Gasteiger partial charge in [0.1, 0.15) is 11.5 Å². The second-order valence-corrected chi connectivity index (χ2v) is 6.58. The van der Waals surface area contributed by atoms with E-state index in [0.29, 0.717) is 43.3 Å². The van der Waals surface area contributed by atoms with Crippen LogP contribution in [0.3, 0.4) is 0 Å². The van der Waals surface area contributed by atoms with Gasteiger partial charge >= 0.3 is 0 Å². The first kappa shape index (κ1) is 18.3. The Labute approximate surface area is 153 Å². The van der Waals surface area contributed by atoms with Gasteiger partial charge < -0.3 is 15.1 Å². The number of nitrogens with one attached hydrogen (secondary N) is 1. The van der Waals surface area contributed by atoms with Gasteiger partial charge in [-0.25, -0.2) is 14.4 Å². The summed E-state index contributed by atoms with van der Waals surface area (Å²) >= 11 is 0. The van der Waals surface area contributed by atoms with Crippen LogP contribution >= 0.6 is 0 Å². The van der Waals surface area contributed by atoms with Crippen LogP contribution in [0.4, 0.5) is 10.3 Å². The van der Waals surface area contributed by atoms with Gasteiger partial charge in [-0.05, 0) is 38.1 Å². The maximum atomic E-state index is 13.7. The molecular weight excluding hydrogens is 333 g/mol. The molecule has 138 valence electrons. The highest BCUT2D eigenvalue weighted by Crippen LogP contribution is 2.11. The van der Waals surface area contributed by atoms with Gasteiger partial charge in [-0.2, -0.15) is 0 Å². The lowest BCUT2D eigenvalue weighted by atomic mass is 10.1. The normalized spacial score (nSPS) is 15.1. The highest BCUT2D eigenvalue weighted by Gasteiger charge is 2.22. The number of piperazine rings is 1. The molecule has 0 spiro atoms. The molecule has 1 aromatic carbocycles. The minimum absolute atomic E-state index is 0.0687. The third-order valence-corrected chi connectivity index (χ3v) is 4.50. The van der Waals surface area contributed by atoms with Crippen molar-refractivity contribution < 1.29 is 9.18 Å². The van der Waals surface area contributed by atoms with Gasteiger partial charge in [-0.3, -0.25) is 4.79 Å². The summed E-state index contributed by atoms with van der Waals surface area (Å²) in [6.45, 7) is 5.47. The average Bonchev–Trinajstić information content (AvgIpc) is 2.63. The van der Waals surface area contributed by atoms with Gasteiger partial charge in [-0.1, -0.05) is 18.2 Å². The second-order valence-electron chi connectivity index (χ2n) is 6.58. The second kappa shape index (κ2) is 8.23. The van der Waals surface area contributed by atoms with Crippen molar-refractivity contribution in [2.24, 2.45) is 0 Å². The minimum Gasteiger partial charge on any atom is -0.354 e. The van der Waals surface area contributed by atoms with Crippen molar-refractivity contribution in [3.63, 3.8) is 0 Å². The first-order chi connectivity index (χ1) is 12.5. The number of anilines is 1. The van der Waals surface area contributed by atoms with E-state index in [-0.39, 0.29) is 11.7 Å². The molecule has 26 heavy (non-hydrogen) atoms. The molecule has 0 saturated carbocycles. The van der Waals surface area contributed by atoms with Gasteiger partial charge in [0.25, 0.3) is 5.91 Å². The standard InChI is InChI=1S/C19H24FN5O/c1-14-13-17(18(26)25-11-9-24(2)10-12-25)23-19(22-14)21-8-7-15-5-3-4-6-16(15)20/h3-6,13H,7-12H2,1-2H3,(H,21,22,23). The van der Waals surface area contributed by atoms with E-state index in [2.05, 4.69) is 20.2 Å². The number of hydrogen-bond acceptors (Lipinski definition) is 5. The van der Waals surface area contributed by atoms with E-state index < -0.39 is 0 Å². The molecule has 1 fully saturated rings. The minimum atomic E-state index is -0.217. The zero-order valence-electron chi connectivity index (χ0n) is 15.2. The van der Waals surface area contributed by atoms with Crippen molar-refractivity contribution in [1.29, 1.82) is 0 Å². The summed E-state index contributed by atoms with van der Waals surface area (Å²) in [6.07, 6.45) is 0.520. The molecule has 1 aliphatic heterocycles. The largest absolute Gasteiger partial charge is 0.354 e. The summed E-state index contributed by atoms with van der Waals surface area (Å²) in [7, 11) is 2.05. The first-order valence-corrected chi connectivity index (χ1v) is 8.84. The SMILES string of the molecule is Cc1cc(C(=O)N2CCN(C)CC2)nc(NCCc2ccccc2F)n1. The lowest BCUT2D eigenvalue weighted by molar-refractivity contribution is 0.0658. The lowest BCUT2D eigenvalue weighted by Gasteiger charge is -2.32. The van der Waals surface area contributed by atoms with E-state index in [0.717, 1.165) is 18.8 Å². The number of likely N-dealkylation sites (N-methyl/N-ethyl adjacent to an activating group) is 1. The number of benzene rings is 1.